The fourth-order valence-electron chi connectivity index (χ4n) is 11.0. The van der Waals surface area contributed by atoms with Crippen molar-refractivity contribution in [1.29, 1.82) is 0 Å². The molecular weight excluding hydrogens is 1030 g/mol. The minimum atomic E-state index is -3.76. The zero-order chi connectivity index (χ0) is 56.9. The van der Waals surface area contributed by atoms with E-state index in [2.05, 4.69) is 98.5 Å². The molecule has 6 N–H and O–H groups in total. The van der Waals surface area contributed by atoms with Crippen LogP contribution in [-0.4, -0.2) is 75.7 Å². The number of aryl methyl sites for hydroxylation is 4. The maximum atomic E-state index is 13.7. The third-order valence-electron chi connectivity index (χ3n) is 15.3. The Morgan fingerprint density at radius 3 is 1.51 bits per heavy atom. The molecule has 4 heterocycles. The molecule has 6 aromatic rings. The van der Waals surface area contributed by atoms with Gasteiger partial charge in [0.05, 0.1) is 34.3 Å². The normalized spacial score (nSPS) is 19.5. The van der Waals surface area contributed by atoms with Gasteiger partial charge in [-0.2, -0.15) is 8.61 Å². The average molecular weight is 1120 g/mol. The number of nitrogens with two attached hydrogens (primary N) is 1. The summed E-state index contributed by atoms with van der Waals surface area (Å²) < 4.78 is 60.1. The third-order valence-corrected chi connectivity index (χ3v) is 19.1. The third kappa shape index (κ3) is 14.9. The molecule has 0 fully saturated rings. The van der Waals surface area contributed by atoms with Crippen LogP contribution >= 0.6 is 0 Å². The van der Waals surface area contributed by atoms with Crippen molar-refractivity contribution in [3.8, 4) is 0 Å². The maximum Gasteiger partial charge on any atom is 0.305 e. The number of aromatic nitrogens is 2. The van der Waals surface area contributed by atoms with Gasteiger partial charge in [0, 0.05) is 86.6 Å². The number of carbonyl (C=O) groups excluding carboxylic acids is 1. The average Bonchev–Trinajstić information content (AvgIpc) is 4.15. The summed E-state index contributed by atoms with van der Waals surface area (Å²) in [5, 5.41) is 19.5. The summed E-state index contributed by atoms with van der Waals surface area (Å²) in [7, 11) is -7.50. The number of hydrogen-bond acceptors (Lipinski definition) is 9. The Morgan fingerprint density at radius 1 is 0.595 bits per heavy atom. The number of nitrogens with one attached hydrogen (secondary N) is 3. The molecule has 4 atom stereocenters. The number of hydrogen-bond donors (Lipinski definition) is 5. The molecule has 79 heavy (non-hydrogen) atoms. The van der Waals surface area contributed by atoms with E-state index in [-0.39, 0.29) is 58.2 Å². The number of fused-ring (bicyclic) bond motifs is 4. The van der Waals surface area contributed by atoms with E-state index in [1.165, 1.54) is 54.8 Å². The summed E-state index contributed by atoms with van der Waals surface area (Å²) in [6.45, 7) is 20.3. The Morgan fingerprint density at radius 2 is 1.04 bits per heavy atom. The lowest BCUT2D eigenvalue weighted by atomic mass is 9.86. The SMILES string of the molecule is CC(C)(C)NCc1ccc2c(c1)CCC[C@H]2N.Cc1ccc(S(=O)(=O)N2CCn3cccc3C2CC(=O)N[C@@H]2CCCc3cc(CNC(C)(C)C)ccc32)cc1.Cc1ccc(S(=O)(=O)N2CCn3cccc3C2CC(=O)O)cc1. The van der Waals surface area contributed by atoms with Gasteiger partial charge in [-0.25, -0.2) is 16.8 Å². The highest BCUT2D eigenvalue weighted by Gasteiger charge is 2.40. The second kappa shape index (κ2) is 24.8. The Balaban J connectivity index is 0.000000173. The van der Waals surface area contributed by atoms with Crippen molar-refractivity contribution in [2.75, 3.05) is 13.1 Å². The van der Waals surface area contributed by atoms with Gasteiger partial charge in [-0.05, 0) is 176 Å². The van der Waals surface area contributed by atoms with E-state index in [1.54, 1.807) is 42.5 Å². The fourth-order valence-corrected chi connectivity index (χ4v) is 14.2. The lowest BCUT2D eigenvalue weighted by Crippen LogP contribution is -2.44. The van der Waals surface area contributed by atoms with Gasteiger partial charge in [-0.15, -0.1) is 0 Å². The van der Waals surface area contributed by atoms with Gasteiger partial charge < -0.3 is 35.9 Å². The molecule has 10 rings (SSSR count). The van der Waals surface area contributed by atoms with E-state index >= 15 is 0 Å². The lowest BCUT2D eigenvalue weighted by molar-refractivity contribution is -0.138. The van der Waals surface area contributed by atoms with Crippen molar-refractivity contribution in [2.45, 2.75) is 178 Å². The summed E-state index contributed by atoms with van der Waals surface area (Å²) in [5.41, 5.74) is 17.8. The minimum Gasteiger partial charge on any atom is -0.481 e. The van der Waals surface area contributed by atoms with E-state index in [0.717, 1.165) is 55.6 Å². The van der Waals surface area contributed by atoms with Crippen LogP contribution in [0.1, 0.15) is 160 Å². The summed E-state index contributed by atoms with van der Waals surface area (Å²) >= 11 is 0. The Bertz CT molecular complexity index is 3300. The quantitative estimate of drug-likeness (QED) is 0.0741. The summed E-state index contributed by atoms with van der Waals surface area (Å²) in [5.74, 6) is -1.15. The molecule has 2 aliphatic heterocycles. The molecule has 0 bridgehead atoms. The molecule has 15 nitrogen and oxygen atoms in total. The summed E-state index contributed by atoms with van der Waals surface area (Å²) in [6.07, 6.45) is 10.1. The van der Waals surface area contributed by atoms with Crippen molar-refractivity contribution >= 4 is 31.9 Å². The molecule has 0 spiro atoms. The first-order chi connectivity index (χ1) is 37.4. The number of carbonyl (C=O) groups is 2. The first-order valence-electron chi connectivity index (χ1n) is 27.8. The summed E-state index contributed by atoms with van der Waals surface area (Å²) in [6, 6.07) is 33.2. The predicted molar refractivity (Wildman–Crippen MR) is 311 cm³/mol. The van der Waals surface area contributed by atoms with Crippen LogP contribution in [0.5, 0.6) is 0 Å². The zero-order valence-electron chi connectivity index (χ0n) is 47.3. The van der Waals surface area contributed by atoms with Crippen molar-refractivity contribution in [1.82, 2.24) is 33.7 Å². The topological polar surface area (TPSA) is 201 Å². The second-order valence-electron chi connectivity index (χ2n) is 23.7. The van der Waals surface area contributed by atoms with Gasteiger partial charge in [-0.3, -0.25) is 9.59 Å². The number of sulfonamides is 2. The monoisotopic (exact) mass is 1110 g/mol. The van der Waals surface area contributed by atoms with E-state index in [1.807, 2.05) is 61.1 Å². The molecule has 1 amide bonds. The molecule has 4 aliphatic rings. The number of carboxylic acids is 1. The fraction of sp³-hybridized carbons (Fsp3) is 0.452. The largest absolute Gasteiger partial charge is 0.481 e. The lowest BCUT2D eigenvalue weighted by Gasteiger charge is -2.36. The molecule has 2 aromatic heterocycles. The first-order valence-corrected chi connectivity index (χ1v) is 30.7. The molecule has 2 aliphatic carbocycles. The number of aliphatic carboxylic acids is 1. The molecule has 0 radical (unpaired) electrons. The van der Waals surface area contributed by atoms with E-state index in [9.17, 15) is 31.5 Å². The smallest absolute Gasteiger partial charge is 0.305 e. The number of rotatable bonds is 13. The van der Waals surface area contributed by atoms with Crippen molar-refractivity contribution < 1.29 is 31.5 Å². The van der Waals surface area contributed by atoms with Crippen molar-refractivity contribution in [3.05, 3.63) is 177 Å². The van der Waals surface area contributed by atoms with Gasteiger partial charge in [-0.1, -0.05) is 71.8 Å². The number of nitrogens with zero attached hydrogens (tertiary/aromatic N) is 4. The van der Waals surface area contributed by atoms with Gasteiger partial charge in [0.1, 0.15) is 0 Å². The zero-order valence-corrected chi connectivity index (χ0v) is 49.0. The summed E-state index contributed by atoms with van der Waals surface area (Å²) in [4.78, 5) is 25.2. The molecule has 424 valence electrons. The van der Waals surface area contributed by atoms with Gasteiger partial charge in [0.15, 0.2) is 0 Å². The molecule has 2 unspecified atom stereocenters. The van der Waals surface area contributed by atoms with Crippen LogP contribution in [0.4, 0.5) is 0 Å². The van der Waals surface area contributed by atoms with Crippen LogP contribution in [0.15, 0.2) is 131 Å². The molecule has 4 aromatic carbocycles. The molecule has 0 saturated heterocycles. The molecule has 0 saturated carbocycles. The van der Waals surface area contributed by atoms with Crippen LogP contribution < -0.4 is 21.7 Å². The van der Waals surface area contributed by atoms with Crippen molar-refractivity contribution in [3.63, 3.8) is 0 Å². The van der Waals surface area contributed by atoms with Gasteiger partial charge >= 0.3 is 5.97 Å². The van der Waals surface area contributed by atoms with E-state index in [0.29, 0.717) is 25.3 Å². The Kier molecular flexibility index (Phi) is 18.6. The second-order valence-corrected chi connectivity index (χ2v) is 27.5. The van der Waals surface area contributed by atoms with Crippen LogP contribution in [0.25, 0.3) is 0 Å². The van der Waals surface area contributed by atoms with Gasteiger partial charge in [0.2, 0.25) is 26.0 Å². The molecule has 17 heteroatoms. The van der Waals surface area contributed by atoms with E-state index in [4.69, 9.17) is 5.73 Å². The van der Waals surface area contributed by atoms with Gasteiger partial charge in [0.25, 0.3) is 0 Å². The Labute approximate surface area is 469 Å². The highest BCUT2D eigenvalue weighted by Crippen LogP contribution is 2.37. The highest BCUT2D eigenvalue weighted by molar-refractivity contribution is 7.89. The molecular formula is C62H82N8O7S2. The van der Waals surface area contributed by atoms with Crippen LogP contribution in [0, 0.1) is 13.8 Å². The van der Waals surface area contributed by atoms with E-state index < -0.39 is 38.1 Å². The maximum absolute atomic E-state index is 13.7. The minimum absolute atomic E-state index is 0.0478. The predicted octanol–water partition coefficient (Wildman–Crippen LogP) is 9.94. The number of carboxylic acid groups (broad SMARTS) is 1. The number of benzene rings is 4. The first kappa shape index (κ1) is 59.2. The van der Waals surface area contributed by atoms with Crippen molar-refractivity contribution in [2.24, 2.45) is 5.73 Å². The number of amides is 1. The van der Waals surface area contributed by atoms with Crippen LogP contribution in [0.2, 0.25) is 0 Å². The highest BCUT2D eigenvalue weighted by atomic mass is 32.2. The van der Waals surface area contributed by atoms with Crippen LogP contribution in [-0.2, 0) is 68.7 Å². The Hall–Kier alpha value is -5.92. The van der Waals surface area contributed by atoms with Crippen LogP contribution in [0.3, 0.4) is 0 Å². The standard InChI is InChI=1S/C31H40N4O3S.C16H18N2O4S.C15H24N2/c1-22-10-13-25(14-11-22)39(37,38)35-18-17-34-16-6-9-28(34)29(35)20-30(36)33-27-8-5-7-24-19-23(12-15-26(24)27)21-32-31(2,3)4;1-12-4-6-13(7-5-12)23(21,22)18-10-9-17-8-2-3-14(17)15(18)11-16(19)20;1-15(2,3)17-10-11-7-8-13-12(9-11)5-4-6-14(13)16/h6,9-16,19,27,29,32H,5,7-8,17-18,20-21H2,1-4H3,(H,33,36);2-8,15H,9-11H2,1H3,(H,19,20);7-9,14,17H,4-6,10,16H2,1-3H3/t27-,29?;;14-/m1.1/s1.